The van der Waals surface area contributed by atoms with Crippen molar-refractivity contribution in [3.8, 4) is 0 Å². The Labute approximate surface area is 139 Å². The molecule has 4 nitrogen and oxygen atoms in total. The highest BCUT2D eigenvalue weighted by Gasteiger charge is 2.22. The number of rotatable bonds is 6. The van der Waals surface area contributed by atoms with E-state index in [1.807, 2.05) is 13.1 Å². The number of anilines is 1. The van der Waals surface area contributed by atoms with Crippen LogP contribution in [0.15, 0.2) is 30.3 Å². The molecule has 21 heavy (non-hydrogen) atoms. The van der Waals surface area contributed by atoms with Crippen LogP contribution < -0.4 is 15.5 Å². The molecule has 0 radical (unpaired) electrons. The molecule has 0 aliphatic carbocycles. The predicted octanol–water partition coefficient (Wildman–Crippen LogP) is 2.08. The smallest absolute Gasteiger partial charge is 0.221 e. The average Bonchev–Trinajstić information content (AvgIpc) is 2.93. The number of nitrogens with zero attached hydrogens (tertiary/aromatic N) is 1. The predicted molar refractivity (Wildman–Crippen MR) is 92.8 cm³/mol. The lowest BCUT2D eigenvalue weighted by molar-refractivity contribution is -0.121. The van der Waals surface area contributed by atoms with Crippen molar-refractivity contribution >= 4 is 36.4 Å². The molecule has 0 bridgehead atoms. The van der Waals surface area contributed by atoms with Gasteiger partial charge in [0, 0.05) is 38.3 Å². The summed E-state index contributed by atoms with van der Waals surface area (Å²) in [6, 6.07) is 10.5. The first-order valence-corrected chi connectivity index (χ1v) is 7.01. The fourth-order valence-corrected chi connectivity index (χ4v) is 2.46. The van der Waals surface area contributed by atoms with Crippen LogP contribution in [0, 0.1) is 5.92 Å². The molecule has 0 aromatic heterocycles. The molecule has 2 N–H and O–H groups in total. The van der Waals surface area contributed by atoms with Crippen LogP contribution in [0.5, 0.6) is 0 Å². The summed E-state index contributed by atoms with van der Waals surface area (Å²) in [7, 11) is 1.86. The van der Waals surface area contributed by atoms with Crippen molar-refractivity contribution < 1.29 is 4.79 Å². The normalized spacial score (nSPS) is 16.8. The molecule has 1 amide bonds. The highest BCUT2D eigenvalue weighted by molar-refractivity contribution is 5.85. The van der Waals surface area contributed by atoms with E-state index in [9.17, 15) is 4.79 Å². The van der Waals surface area contributed by atoms with Gasteiger partial charge in [0.05, 0.1) is 0 Å². The van der Waals surface area contributed by atoms with E-state index in [2.05, 4.69) is 39.8 Å². The minimum Gasteiger partial charge on any atom is -0.371 e. The fourth-order valence-electron chi connectivity index (χ4n) is 2.46. The lowest BCUT2D eigenvalue weighted by Crippen LogP contribution is -2.32. The molecular weight excluding hydrogens is 309 g/mol. The number of nitrogens with one attached hydrogen (secondary N) is 2. The van der Waals surface area contributed by atoms with Gasteiger partial charge in [-0.2, -0.15) is 0 Å². The van der Waals surface area contributed by atoms with Crippen LogP contribution in [-0.2, 0) is 4.79 Å². The van der Waals surface area contributed by atoms with Crippen LogP contribution in [0.4, 0.5) is 5.69 Å². The maximum atomic E-state index is 11.5. The van der Waals surface area contributed by atoms with Crippen LogP contribution >= 0.6 is 24.8 Å². The molecule has 0 saturated carbocycles. The lowest BCUT2D eigenvalue weighted by atomic mass is 10.1. The van der Waals surface area contributed by atoms with Crippen molar-refractivity contribution in [1.29, 1.82) is 0 Å². The van der Waals surface area contributed by atoms with Crippen LogP contribution in [0.2, 0.25) is 0 Å². The van der Waals surface area contributed by atoms with Crippen molar-refractivity contribution in [3.63, 3.8) is 0 Å². The van der Waals surface area contributed by atoms with Crippen LogP contribution in [0.1, 0.15) is 12.8 Å². The number of amides is 1. The number of benzene rings is 1. The SMILES string of the molecule is CNCCC(=O)NCC1CCN(c2ccccc2)C1.Cl.Cl. The zero-order chi connectivity index (χ0) is 13.5. The summed E-state index contributed by atoms with van der Waals surface area (Å²) >= 11 is 0. The Hall–Kier alpha value is -0.970. The zero-order valence-corrected chi connectivity index (χ0v) is 14.0. The van der Waals surface area contributed by atoms with Crippen LogP contribution in [0.3, 0.4) is 0 Å². The summed E-state index contributed by atoms with van der Waals surface area (Å²) in [5.74, 6) is 0.714. The van der Waals surface area contributed by atoms with Gasteiger partial charge in [0.1, 0.15) is 0 Å². The molecule has 1 aromatic carbocycles. The van der Waals surface area contributed by atoms with E-state index in [0.717, 1.165) is 32.6 Å². The van der Waals surface area contributed by atoms with Crippen molar-refractivity contribution in [2.45, 2.75) is 12.8 Å². The molecule has 1 aliphatic rings. The second kappa shape index (κ2) is 10.7. The maximum absolute atomic E-state index is 11.5. The van der Waals surface area contributed by atoms with Crippen LogP contribution in [0.25, 0.3) is 0 Å². The lowest BCUT2D eigenvalue weighted by Gasteiger charge is -2.18. The van der Waals surface area contributed by atoms with E-state index in [-0.39, 0.29) is 30.7 Å². The van der Waals surface area contributed by atoms with Gasteiger partial charge < -0.3 is 15.5 Å². The molecule has 1 aromatic rings. The Morgan fingerprint density at radius 2 is 2.00 bits per heavy atom. The molecule has 1 heterocycles. The van der Waals surface area contributed by atoms with Gasteiger partial charge in [-0.05, 0) is 31.5 Å². The minimum atomic E-state index is 0. The number of para-hydroxylation sites is 1. The van der Waals surface area contributed by atoms with E-state index in [4.69, 9.17) is 0 Å². The Morgan fingerprint density at radius 1 is 1.29 bits per heavy atom. The Morgan fingerprint density at radius 3 is 2.67 bits per heavy atom. The van der Waals surface area contributed by atoms with E-state index in [1.54, 1.807) is 0 Å². The fraction of sp³-hybridized carbons (Fsp3) is 0.533. The highest BCUT2D eigenvalue weighted by Crippen LogP contribution is 2.22. The third kappa shape index (κ3) is 6.55. The highest BCUT2D eigenvalue weighted by atomic mass is 35.5. The van der Waals surface area contributed by atoms with Gasteiger partial charge in [-0.15, -0.1) is 24.8 Å². The van der Waals surface area contributed by atoms with E-state index in [0.29, 0.717) is 12.3 Å². The molecule has 6 heteroatoms. The second-order valence-electron chi connectivity index (χ2n) is 5.09. The van der Waals surface area contributed by atoms with E-state index < -0.39 is 0 Å². The molecule has 1 saturated heterocycles. The number of carbonyl (C=O) groups is 1. The molecule has 120 valence electrons. The molecule has 1 aliphatic heterocycles. The first-order chi connectivity index (χ1) is 9.29. The molecule has 1 atom stereocenters. The standard InChI is InChI=1S/C15H23N3O.2ClH/c1-16-9-7-15(19)17-11-13-8-10-18(12-13)14-5-3-2-4-6-14;;/h2-6,13,16H,7-12H2,1H3,(H,17,19);2*1H. The quantitative estimate of drug-likeness (QED) is 0.837. The summed E-state index contributed by atoms with van der Waals surface area (Å²) < 4.78 is 0. The summed E-state index contributed by atoms with van der Waals surface area (Å²) in [5.41, 5.74) is 1.28. The molecule has 0 spiro atoms. The van der Waals surface area contributed by atoms with Gasteiger partial charge in [0.15, 0.2) is 0 Å². The Kier molecular flexibility index (Phi) is 10.2. The van der Waals surface area contributed by atoms with Crippen molar-refractivity contribution in [1.82, 2.24) is 10.6 Å². The maximum Gasteiger partial charge on any atom is 0.221 e. The van der Waals surface area contributed by atoms with E-state index >= 15 is 0 Å². The Balaban J connectivity index is 0.00000200. The summed E-state index contributed by atoms with van der Waals surface area (Å²) in [5, 5.41) is 6.01. The van der Waals surface area contributed by atoms with Gasteiger partial charge >= 0.3 is 0 Å². The van der Waals surface area contributed by atoms with Crippen molar-refractivity contribution in [3.05, 3.63) is 30.3 Å². The molecular formula is C15H25Cl2N3O. The first-order valence-electron chi connectivity index (χ1n) is 7.01. The number of carbonyl (C=O) groups excluding carboxylic acids is 1. The zero-order valence-electron chi connectivity index (χ0n) is 12.4. The third-order valence-corrected chi connectivity index (χ3v) is 3.60. The van der Waals surface area contributed by atoms with Crippen molar-refractivity contribution in [2.75, 3.05) is 38.1 Å². The van der Waals surface area contributed by atoms with Crippen LogP contribution in [-0.4, -0.2) is 39.1 Å². The number of halogens is 2. The minimum absolute atomic E-state index is 0. The number of hydrogen-bond acceptors (Lipinski definition) is 3. The summed E-state index contributed by atoms with van der Waals surface area (Å²) in [6.07, 6.45) is 1.72. The summed E-state index contributed by atoms with van der Waals surface area (Å²) in [4.78, 5) is 13.9. The third-order valence-electron chi connectivity index (χ3n) is 3.60. The first kappa shape index (κ1) is 20.0. The van der Waals surface area contributed by atoms with E-state index in [1.165, 1.54) is 5.69 Å². The molecule has 2 rings (SSSR count). The molecule has 1 unspecified atom stereocenters. The van der Waals surface area contributed by atoms with Gasteiger partial charge in [-0.1, -0.05) is 18.2 Å². The number of hydrogen-bond donors (Lipinski definition) is 2. The topological polar surface area (TPSA) is 44.4 Å². The largest absolute Gasteiger partial charge is 0.371 e. The molecule has 1 fully saturated rings. The van der Waals surface area contributed by atoms with Gasteiger partial charge in [0.2, 0.25) is 5.91 Å². The second-order valence-corrected chi connectivity index (χ2v) is 5.09. The van der Waals surface area contributed by atoms with Gasteiger partial charge in [-0.3, -0.25) is 4.79 Å². The van der Waals surface area contributed by atoms with Crippen molar-refractivity contribution in [2.24, 2.45) is 5.92 Å². The van der Waals surface area contributed by atoms with Gasteiger partial charge in [0.25, 0.3) is 0 Å². The Bertz CT molecular complexity index is 403. The van der Waals surface area contributed by atoms with Gasteiger partial charge in [-0.25, -0.2) is 0 Å². The summed E-state index contributed by atoms with van der Waals surface area (Å²) in [6.45, 7) is 3.66. The average molecular weight is 334 g/mol. The monoisotopic (exact) mass is 333 g/mol.